The van der Waals surface area contributed by atoms with Gasteiger partial charge in [0.25, 0.3) is 0 Å². The third kappa shape index (κ3) is 3.21. The van der Waals surface area contributed by atoms with Gasteiger partial charge >= 0.3 is 0 Å². The minimum atomic E-state index is -0.586. The van der Waals surface area contributed by atoms with E-state index in [-0.39, 0.29) is 5.91 Å². The quantitative estimate of drug-likeness (QED) is 0.736. The second-order valence-electron chi connectivity index (χ2n) is 7.25. The molecule has 1 aliphatic rings. The molecule has 0 fully saturated rings. The van der Waals surface area contributed by atoms with E-state index in [2.05, 4.69) is 48.6 Å². The van der Waals surface area contributed by atoms with Gasteiger partial charge in [0.1, 0.15) is 5.75 Å². The zero-order chi connectivity index (χ0) is 18.9. The lowest BCUT2D eigenvalue weighted by atomic mass is 9.76. The van der Waals surface area contributed by atoms with Crippen molar-refractivity contribution in [1.82, 2.24) is 0 Å². The lowest BCUT2D eigenvalue weighted by molar-refractivity contribution is -0.121. The molecule has 0 aromatic heterocycles. The highest BCUT2D eigenvalue weighted by molar-refractivity contribution is 6.00. The van der Waals surface area contributed by atoms with Gasteiger partial charge in [0.05, 0.1) is 12.5 Å². The Bertz CT molecular complexity index is 933. The molecule has 3 nitrogen and oxygen atoms in total. The third-order valence-electron chi connectivity index (χ3n) is 5.49. The van der Waals surface area contributed by atoms with E-state index < -0.39 is 5.41 Å². The Hall–Kier alpha value is -3.07. The second kappa shape index (κ2) is 6.92. The van der Waals surface area contributed by atoms with Gasteiger partial charge in [-0.2, -0.15) is 0 Å². The Morgan fingerprint density at radius 1 is 0.889 bits per heavy atom. The Balaban J connectivity index is 1.70. The van der Waals surface area contributed by atoms with Gasteiger partial charge in [-0.05, 0) is 60.7 Å². The molecule has 27 heavy (non-hydrogen) atoms. The number of hydrogen-bond donors (Lipinski definition) is 1. The van der Waals surface area contributed by atoms with Crippen LogP contribution >= 0.6 is 0 Å². The molecule has 0 unspecified atom stereocenters. The van der Waals surface area contributed by atoms with Gasteiger partial charge < -0.3 is 10.1 Å². The fourth-order valence-electron chi connectivity index (χ4n) is 3.91. The second-order valence-corrected chi connectivity index (χ2v) is 7.25. The summed E-state index contributed by atoms with van der Waals surface area (Å²) in [6.45, 7) is 2.07. The fourth-order valence-corrected chi connectivity index (χ4v) is 3.91. The number of carbonyl (C=O) groups is 1. The average molecular weight is 357 g/mol. The standard InChI is InChI=1S/C24H23NO2/c1-17-7-9-20(10-8-17)24(15-18-5-3-4-6-19(18)16-24)23(26)25-21-11-13-22(27-2)14-12-21/h3-14H,15-16H2,1-2H3,(H,25,26). The first kappa shape index (κ1) is 17.3. The summed E-state index contributed by atoms with van der Waals surface area (Å²) in [6.07, 6.45) is 1.43. The number of rotatable bonds is 4. The van der Waals surface area contributed by atoms with Crippen LogP contribution < -0.4 is 10.1 Å². The highest BCUT2D eigenvalue weighted by atomic mass is 16.5. The number of benzene rings is 3. The number of fused-ring (bicyclic) bond motifs is 1. The van der Waals surface area contributed by atoms with Crippen LogP contribution in [-0.4, -0.2) is 13.0 Å². The van der Waals surface area contributed by atoms with Crippen LogP contribution in [0.2, 0.25) is 0 Å². The van der Waals surface area contributed by atoms with Crippen molar-refractivity contribution in [3.63, 3.8) is 0 Å². The molecule has 0 saturated heterocycles. The Morgan fingerprint density at radius 2 is 1.48 bits per heavy atom. The maximum Gasteiger partial charge on any atom is 0.235 e. The topological polar surface area (TPSA) is 38.3 Å². The van der Waals surface area contributed by atoms with Crippen LogP contribution in [0.3, 0.4) is 0 Å². The van der Waals surface area contributed by atoms with Crippen molar-refractivity contribution in [3.8, 4) is 5.75 Å². The molecule has 0 saturated carbocycles. The minimum absolute atomic E-state index is 0.0349. The van der Waals surface area contributed by atoms with Gasteiger partial charge in [0, 0.05) is 5.69 Å². The SMILES string of the molecule is COc1ccc(NC(=O)C2(c3ccc(C)cc3)Cc3ccccc3C2)cc1. The number of carbonyl (C=O) groups excluding carboxylic acids is 1. The molecular formula is C24H23NO2. The number of aryl methyl sites for hydroxylation is 1. The zero-order valence-electron chi connectivity index (χ0n) is 15.7. The maximum absolute atomic E-state index is 13.5. The highest BCUT2D eigenvalue weighted by Crippen LogP contribution is 2.41. The Kier molecular flexibility index (Phi) is 4.44. The van der Waals surface area contributed by atoms with Crippen molar-refractivity contribution >= 4 is 11.6 Å². The van der Waals surface area contributed by atoms with Gasteiger partial charge in [0.2, 0.25) is 5.91 Å². The van der Waals surface area contributed by atoms with Crippen LogP contribution in [-0.2, 0) is 23.1 Å². The van der Waals surface area contributed by atoms with Crippen molar-refractivity contribution in [2.24, 2.45) is 0 Å². The minimum Gasteiger partial charge on any atom is -0.497 e. The highest BCUT2D eigenvalue weighted by Gasteiger charge is 2.45. The van der Waals surface area contributed by atoms with Crippen molar-refractivity contribution in [3.05, 3.63) is 95.1 Å². The summed E-state index contributed by atoms with van der Waals surface area (Å²) in [5, 5.41) is 3.13. The molecule has 0 bridgehead atoms. The molecule has 0 spiro atoms. The third-order valence-corrected chi connectivity index (χ3v) is 5.49. The van der Waals surface area contributed by atoms with Crippen molar-refractivity contribution in [2.45, 2.75) is 25.2 Å². The summed E-state index contributed by atoms with van der Waals surface area (Å²) in [6, 6.07) is 24.2. The van der Waals surface area contributed by atoms with E-state index in [9.17, 15) is 4.79 Å². The number of hydrogen-bond acceptors (Lipinski definition) is 2. The van der Waals surface area contributed by atoms with E-state index in [4.69, 9.17) is 4.74 Å². The smallest absolute Gasteiger partial charge is 0.235 e. The molecule has 136 valence electrons. The van der Waals surface area contributed by atoms with E-state index in [0.717, 1.165) is 17.0 Å². The molecule has 3 aromatic carbocycles. The van der Waals surface area contributed by atoms with Crippen LogP contribution in [0.5, 0.6) is 5.75 Å². The molecule has 1 N–H and O–H groups in total. The first-order valence-electron chi connectivity index (χ1n) is 9.20. The van der Waals surface area contributed by atoms with Crippen LogP contribution in [0.1, 0.15) is 22.3 Å². The summed E-state index contributed by atoms with van der Waals surface area (Å²) in [5.41, 5.74) is 4.96. The maximum atomic E-state index is 13.5. The van der Waals surface area contributed by atoms with Gasteiger partial charge in [-0.3, -0.25) is 4.79 Å². The van der Waals surface area contributed by atoms with Crippen molar-refractivity contribution in [1.29, 1.82) is 0 Å². The predicted molar refractivity (Wildman–Crippen MR) is 108 cm³/mol. The number of ether oxygens (including phenoxy) is 1. The normalized spacial score (nSPS) is 14.4. The summed E-state index contributed by atoms with van der Waals surface area (Å²) in [7, 11) is 1.63. The van der Waals surface area contributed by atoms with Crippen LogP contribution in [0.4, 0.5) is 5.69 Å². The van der Waals surface area contributed by atoms with Crippen LogP contribution in [0, 0.1) is 6.92 Å². The van der Waals surface area contributed by atoms with Gasteiger partial charge in [0.15, 0.2) is 0 Å². The largest absolute Gasteiger partial charge is 0.497 e. The molecule has 1 aliphatic carbocycles. The monoisotopic (exact) mass is 357 g/mol. The van der Waals surface area contributed by atoms with Gasteiger partial charge in [-0.15, -0.1) is 0 Å². The fraction of sp³-hybridized carbons (Fsp3) is 0.208. The van der Waals surface area contributed by atoms with E-state index in [1.165, 1.54) is 16.7 Å². The molecule has 3 aromatic rings. The number of amides is 1. The summed E-state index contributed by atoms with van der Waals surface area (Å²) in [5.74, 6) is 0.808. The predicted octanol–water partition coefficient (Wildman–Crippen LogP) is 4.68. The number of nitrogens with one attached hydrogen (secondary N) is 1. The number of anilines is 1. The summed E-state index contributed by atoms with van der Waals surface area (Å²) in [4.78, 5) is 13.5. The van der Waals surface area contributed by atoms with Gasteiger partial charge in [-0.1, -0.05) is 54.1 Å². The number of methoxy groups -OCH3 is 1. The molecule has 1 amide bonds. The van der Waals surface area contributed by atoms with Crippen LogP contribution in [0.15, 0.2) is 72.8 Å². The zero-order valence-corrected chi connectivity index (χ0v) is 15.7. The Morgan fingerprint density at radius 3 is 2.04 bits per heavy atom. The average Bonchev–Trinajstić information content (AvgIpc) is 3.10. The van der Waals surface area contributed by atoms with E-state index >= 15 is 0 Å². The summed E-state index contributed by atoms with van der Waals surface area (Å²) >= 11 is 0. The molecule has 0 aliphatic heterocycles. The first-order valence-corrected chi connectivity index (χ1v) is 9.20. The first-order chi connectivity index (χ1) is 13.1. The van der Waals surface area contributed by atoms with E-state index in [0.29, 0.717) is 12.8 Å². The molecule has 0 atom stereocenters. The molecular weight excluding hydrogens is 334 g/mol. The molecule has 4 rings (SSSR count). The Labute approximate surface area is 160 Å². The van der Waals surface area contributed by atoms with Crippen molar-refractivity contribution in [2.75, 3.05) is 12.4 Å². The van der Waals surface area contributed by atoms with E-state index in [1.807, 2.05) is 36.4 Å². The lowest BCUT2D eigenvalue weighted by Crippen LogP contribution is -2.41. The summed E-state index contributed by atoms with van der Waals surface area (Å²) < 4.78 is 5.20. The molecule has 3 heteroatoms. The van der Waals surface area contributed by atoms with Crippen molar-refractivity contribution < 1.29 is 9.53 Å². The van der Waals surface area contributed by atoms with Gasteiger partial charge in [-0.25, -0.2) is 0 Å². The molecule has 0 heterocycles. The lowest BCUT2D eigenvalue weighted by Gasteiger charge is -2.28. The molecule has 0 radical (unpaired) electrons. The van der Waals surface area contributed by atoms with Crippen LogP contribution in [0.25, 0.3) is 0 Å². The van der Waals surface area contributed by atoms with E-state index in [1.54, 1.807) is 7.11 Å².